The Balaban J connectivity index is 1.50. The number of carbonyl (C=O) groups excluding carboxylic acids is 3. The molecule has 26 heavy (non-hydrogen) atoms. The minimum atomic E-state index is -0.563. The van der Waals surface area contributed by atoms with Gasteiger partial charge in [-0.05, 0) is 30.4 Å². The molecule has 2 fully saturated rings. The third kappa shape index (κ3) is 2.91. The van der Waals surface area contributed by atoms with Gasteiger partial charge >= 0.3 is 0 Å². The van der Waals surface area contributed by atoms with E-state index in [1.165, 1.54) is 0 Å². The van der Waals surface area contributed by atoms with Crippen molar-refractivity contribution in [1.82, 2.24) is 15.1 Å². The van der Waals surface area contributed by atoms with E-state index in [1.54, 1.807) is 4.90 Å². The average molecular weight is 356 g/mol. The van der Waals surface area contributed by atoms with Gasteiger partial charge in [0.25, 0.3) is 5.91 Å². The predicted octanol–water partition coefficient (Wildman–Crippen LogP) is 0.227. The lowest BCUT2D eigenvalue weighted by Crippen LogP contribution is -2.53. The molecule has 0 bridgehead atoms. The molecule has 3 aliphatic rings. The highest BCUT2D eigenvalue weighted by atomic mass is 16.2. The molecule has 3 aliphatic heterocycles. The topological polar surface area (TPSA) is 95.7 Å². The van der Waals surface area contributed by atoms with Gasteiger partial charge in [-0.1, -0.05) is 18.2 Å². The molecule has 7 nitrogen and oxygen atoms in total. The number of nitrogens with zero attached hydrogens (tertiary/aromatic N) is 2. The number of imide groups is 1. The van der Waals surface area contributed by atoms with Crippen LogP contribution in [-0.4, -0.2) is 52.7 Å². The van der Waals surface area contributed by atoms with Crippen LogP contribution in [0.3, 0.4) is 0 Å². The lowest BCUT2D eigenvalue weighted by atomic mass is 9.92. The van der Waals surface area contributed by atoms with Crippen LogP contribution in [0.4, 0.5) is 0 Å². The summed E-state index contributed by atoms with van der Waals surface area (Å²) in [7, 11) is 0. The van der Waals surface area contributed by atoms with Crippen molar-refractivity contribution in [3.8, 4) is 0 Å². The highest BCUT2D eigenvalue weighted by Crippen LogP contribution is 2.31. The molecule has 3 heterocycles. The van der Waals surface area contributed by atoms with Crippen molar-refractivity contribution in [2.45, 2.75) is 44.9 Å². The first kappa shape index (κ1) is 17.2. The van der Waals surface area contributed by atoms with Crippen LogP contribution < -0.4 is 11.1 Å². The average Bonchev–Trinajstić information content (AvgIpc) is 2.88. The van der Waals surface area contributed by atoms with Gasteiger partial charge in [-0.25, -0.2) is 0 Å². The summed E-state index contributed by atoms with van der Waals surface area (Å²) in [5.41, 5.74) is 8.63. The van der Waals surface area contributed by atoms with Crippen molar-refractivity contribution >= 4 is 17.7 Å². The molecule has 2 unspecified atom stereocenters. The second-order valence-corrected chi connectivity index (χ2v) is 7.66. The van der Waals surface area contributed by atoms with Crippen LogP contribution in [0.25, 0.3) is 0 Å². The summed E-state index contributed by atoms with van der Waals surface area (Å²) in [5, 5.41) is 2.34. The fourth-order valence-corrected chi connectivity index (χ4v) is 4.13. The van der Waals surface area contributed by atoms with E-state index in [4.69, 9.17) is 5.73 Å². The molecule has 0 spiro atoms. The first-order valence-electron chi connectivity index (χ1n) is 9.17. The number of hydrogen-bond donors (Lipinski definition) is 2. The molecule has 0 aliphatic carbocycles. The van der Waals surface area contributed by atoms with Gasteiger partial charge in [-0.2, -0.15) is 0 Å². The molecule has 2 atom stereocenters. The molecule has 0 saturated carbocycles. The summed E-state index contributed by atoms with van der Waals surface area (Å²) in [5.74, 6) is -0.221. The standard InChI is InChI=1S/C19H24N4O3/c1-11(20)14-8-22(9-14)7-12-3-2-4-13-10-23(19(26)17(12)13)15-5-6-16(24)21-18(15)25/h2-4,11,14-15H,5-10,20H2,1H3,(H,21,24,25). The normalized spacial score (nSPS) is 25.1. The second-order valence-electron chi connectivity index (χ2n) is 7.66. The smallest absolute Gasteiger partial charge is 0.255 e. The van der Waals surface area contributed by atoms with Crippen LogP contribution in [-0.2, 0) is 22.7 Å². The third-order valence-electron chi connectivity index (χ3n) is 5.76. The Kier molecular flexibility index (Phi) is 4.28. The fraction of sp³-hybridized carbons (Fsp3) is 0.526. The summed E-state index contributed by atoms with van der Waals surface area (Å²) in [6, 6.07) is 5.54. The number of likely N-dealkylation sites (tertiary alicyclic amines) is 1. The molecule has 1 aromatic carbocycles. The Morgan fingerprint density at radius 2 is 2.04 bits per heavy atom. The third-order valence-corrected chi connectivity index (χ3v) is 5.76. The largest absolute Gasteiger partial charge is 0.328 e. The Morgan fingerprint density at radius 1 is 1.27 bits per heavy atom. The van der Waals surface area contributed by atoms with Crippen molar-refractivity contribution in [3.63, 3.8) is 0 Å². The fourth-order valence-electron chi connectivity index (χ4n) is 4.13. The van der Waals surface area contributed by atoms with Crippen molar-refractivity contribution in [1.29, 1.82) is 0 Å². The van der Waals surface area contributed by atoms with Crippen LogP contribution in [0.15, 0.2) is 18.2 Å². The highest BCUT2D eigenvalue weighted by Gasteiger charge is 2.40. The van der Waals surface area contributed by atoms with Crippen LogP contribution in [0.2, 0.25) is 0 Å². The molecular formula is C19H24N4O3. The van der Waals surface area contributed by atoms with Gasteiger partial charge in [0.15, 0.2) is 0 Å². The summed E-state index contributed by atoms with van der Waals surface area (Å²) in [6.07, 6.45) is 0.664. The van der Waals surface area contributed by atoms with Crippen molar-refractivity contribution < 1.29 is 14.4 Å². The van der Waals surface area contributed by atoms with Gasteiger partial charge < -0.3 is 10.6 Å². The molecule has 1 aromatic rings. The summed E-state index contributed by atoms with van der Waals surface area (Å²) >= 11 is 0. The molecule has 7 heteroatoms. The van der Waals surface area contributed by atoms with Gasteiger partial charge in [-0.3, -0.25) is 24.6 Å². The first-order chi connectivity index (χ1) is 12.4. The number of benzene rings is 1. The van der Waals surface area contributed by atoms with Crippen LogP contribution >= 0.6 is 0 Å². The van der Waals surface area contributed by atoms with Crippen LogP contribution in [0.1, 0.15) is 41.3 Å². The Bertz CT molecular complexity index is 770. The molecule has 3 amide bonds. The van der Waals surface area contributed by atoms with Crippen molar-refractivity contribution in [2.75, 3.05) is 13.1 Å². The number of rotatable bonds is 4. The molecule has 0 radical (unpaired) electrons. The second kappa shape index (κ2) is 6.48. The van der Waals surface area contributed by atoms with Crippen molar-refractivity contribution in [3.05, 3.63) is 34.9 Å². The Hall–Kier alpha value is -2.25. The quantitative estimate of drug-likeness (QED) is 0.753. The van der Waals surface area contributed by atoms with E-state index in [1.807, 2.05) is 25.1 Å². The van der Waals surface area contributed by atoms with Gasteiger partial charge in [0, 0.05) is 44.2 Å². The molecule has 4 rings (SSSR count). The van der Waals surface area contributed by atoms with E-state index >= 15 is 0 Å². The maximum atomic E-state index is 13.0. The van der Waals surface area contributed by atoms with Crippen LogP contribution in [0, 0.1) is 5.92 Å². The van der Waals surface area contributed by atoms with E-state index in [0.717, 1.165) is 36.3 Å². The van der Waals surface area contributed by atoms with E-state index in [-0.39, 0.29) is 30.2 Å². The maximum Gasteiger partial charge on any atom is 0.255 e. The minimum absolute atomic E-state index is 0.102. The molecule has 138 valence electrons. The summed E-state index contributed by atoms with van der Waals surface area (Å²) < 4.78 is 0. The first-order valence-corrected chi connectivity index (χ1v) is 9.17. The lowest BCUT2D eigenvalue weighted by Gasteiger charge is -2.41. The summed E-state index contributed by atoms with van der Waals surface area (Å²) in [4.78, 5) is 40.5. The van der Waals surface area contributed by atoms with Gasteiger partial charge in [0.05, 0.1) is 0 Å². The van der Waals surface area contributed by atoms with Gasteiger partial charge in [-0.15, -0.1) is 0 Å². The zero-order valence-electron chi connectivity index (χ0n) is 14.9. The number of hydrogen-bond acceptors (Lipinski definition) is 5. The molecule has 3 N–H and O–H groups in total. The number of fused-ring (bicyclic) bond motifs is 1. The lowest BCUT2D eigenvalue weighted by molar-refractivity contribution is -0.136. The number of nitrogens with one attached hydrogen (secondary N) is 1. The van der Waals surface area contributed by atoms with Gasteiger partial charge in [0.2, 0.25) is 11.8 Å². The highest BCUT2D eigenvalue weighted by molar-refractivity contribution is 6.05. The van der Waals surface area contributed by atoms with Gasteiger partial charge in [0.1, 0.15) is 6.04 Å². The minimum Gasteiger partial charge on any atom is -0.328 e. The number of amides is 3. The zero-order valence-corrected chi connectivity index (χ0v) is 14.9. The Morgan fingerprint density at radius 3 is 2.73 bits per heavy atom. The van der Waals surface area contributed by atoms with E-state index in [9.17, 15) is 14.4 Å². The zero-order chi connectivity index (χ0) is 18.4. The van der Waals surface area contributed by atoms with E-state index in [0.29, 0.717) is 18.9 Å². The predicted molar refractivity (Wildman–Crippen MR) is 94.9 cm³/mol. The molecule has 0 aromatic heterocycles. The van der Waals surface area contributed by atoms with Crippen molar-refractivity contribution in [2.24, 2.45) is 11.7 Å². The maximum absolute atomic E-state index is 13.0. The Labute approximate surface area is 152 Å². The molecule has 2 saturated heterocycles. The number of piperidine rings is 1. The molecular weight excluding hydrogens is 332 g/mol. The van der Waals surface area contributed by atoms with Crippen LogP contribution in [0.5, 0.6) is 0 Å². The SMILES string of the molecule is CC(N)C1CN(Cc2cccc3c2C(=O)N(C2CCC(=O)NC2=O)C3)C1. The summed E-state index contributed by atoms with van der Waals surface area (Å²) in [6.45, 7) is 5.08. The van der Waals surface area contributed by atoms with E-state index in [2.05, 4.69) is 10.2 Å². The van der Waals surface area contributed by atoms with E-state index < -0.39 is 6.04 Å². The monoisotopic (exact) mass is 356 g/mol. The number of carbonyl (C=O) groups is 3. The number of nitrogens with two attached hydrogens (primary N) is 1.